The van der Waals surface area contributed by atoms with Gasteiger partial charge in [-0.25, -0.2) is 4.98 Å². The predicted molar refractivity (Wildman–Crippen MR) is 105 cm³/mol. The number of hydrogen-bond donors (Lipinski definition) is 2. The topological polar surface area (TPSA) is 54.0 Å². The van der Waals surface area contributed by atoms with Gasteiger partial charge in [0.15, 0.2) is 0 Å². The lowest BCUT2D eigenvalue weighted by atomic mass is 10.3. The summed E-state index contributed by atoms with van der Waals surface area (Å²) in [5.74, 6) is -0.271. The number of pyridine rings is 1. The van der Waals surface area contributed by atoms with Crippen molar-refractivity contribution in [1.29, 1.82) is 0 Å². The number of amides is 1. The number of hydrogen-bond acceptors (Lipinski definition) is 4. The van der Waals surface area contributed by atoms with Gasteiger partial charge in [0.05, 0.1) is 11.3 Å². The van der Waals surface area contributed by atoms with Crippen LogP contribution in [0.2, 0.25) is 5.02 Å². The van der Waals surface area contributed by atoms with Gasteiger partial charge in [0, 0.05) is 20.6 Å². The van der Waals surface area contributed by atoms with E-state index >= 15 is 0 Å². The van der Waals surface area contributed by atoms with Crippen molar-refractivity contribution in [3.05, 3.63) is 81.9 Å². The molecule has 0 aliphatic rings. The molecule has 1 amide bonds. The number of carbonyl (C=O) groups excluding carboxylic acids is 1. The highest BCUT2D eigenvalue weighted by Crippen LogP contribution is 2.29. The quantitative estimate of drug-likeness (QED) is 0.528. The highest BCUT2D eigenvalue weighted by Gasteiger charge is 2.13. The molecule has 126 valence electrons. The largest absolute Gasteiger partial charge is 0.298 e. The van der Waals surface area contributed by atoms with Gasteiger partial charge in [-0.15, -0.1) is 0 Å². The summed E-state index contributed by atoms with van der Waals surface area (Å²) in [4.78, 5) is 17.8. The van der Waals surface area contributed by atoms with E-state index in [1.807, 2.05) is 30.3 Å². The molecular formula is C18H13BrClN3OS. The normalized spacial score (nSPS) is 10.3. The first kappa shape index (κ1) is 17.8. The van der Waals surface area contributed by atoms with E-state index in [2.05, 4.69) is 31.8 Å². The molecule has 0 spiro atoms. The molecule has 0 saturated carbocycles. The fraction of sp³-hybridized carbons (Fsp3) is 0. The van der Waals surface area contributed by atoms with Gasteiger partial charge in [-0.05, 0) is 54.6 Å². The van der Waals surface area contributed by atoms with E-state index in [9.17, 15) is 4.79 Å². The zero-order valence-electron chi connectivity index (χ0n) is 12.9. The van der Waals surface area contributed by atoms with Gasteiger partial charge in [-0.3, -0.25) is 15.6 Å². The Balaban J connectivity index is 1.73. The number of nitrogens with one attached hydrogen (secondary N) is 2. The highest BCUT2D eigenvalue weighted by molar-refractivity contribution is 9.10. The summed E-state index contributed by atoms with van der Waals surface area (Å²) in [6.07, 6.45) is 1.67. The van der Waals surface area contributed by atoms with Crippen LogP contribution < -0.4 is 10.9 Å². The van der Waals surface area contributed by atoms with Gasteiger partial charge in [0.25, 0.3) is 5.91 Å². The van der Waals surface area contributed by atoms with E-state index in [0.717, 1.165) is 9.37 Å². The Morgan fingerprint density at radius 2 is 1.88 bits per heavy atom. The Hall–Kier alpha value is -2.02. The molecule has 0 atom stereocenters. The SMILES string of the molecule is O=C(NNc1cccc(Cl)c1)c1cccnc1Sc1ccc(Br)cc1. The molecule has 4 nitrogen and oxygen atoms in total. The van der Waals surface area contributed by atoms with E-state index < -0.39 is 0 Å². The zero-order valence-corrected chi connectivity index (χ0v) is 16.0. The lowest BCUT2D eigenvalue weighted by molar-refractivity contribution is 0.0959. The van der Waals surface area contributed by atoms with Crippen molar-refractivity contribution in [2.24, 2.45) is 0 Å². The van der Waals surface area contributed by atoms with Crippen LogP contribution in [0.4, 0.5) is 5.69 Å². The Morgan fingerprint density at radius 3 is 2.64 bits per heavy atom. The summed E-state index contributed by atoms with van der Waals surface area (Å²) in [5, 5.41) is 1.22. The van der Waals surface area contributed by atoms with Crippen molar-refractivity contribution in [2.45, 2.75) is 9.92 Å². The van der Waals surface area contributed by atoms with Crippen molar-refractivity contribution in [2.75, 3.05) is 5.43 Å². The van der Waals surface area contributed by atoms with Crippen LogP contribution in [0.3, 0.4) is 0 Å². The van der Waals surface area contributed by atoms with E-state index in [4.69, 9.17) is 11.6 Å². The summed E-state index contributed by atoms with van der Waals surface area (Å²) >= 11 is 10.8. The number of aromatic nitrogens is 1. The van der Waals surface area contributed by atoms with Crippen molar-refractivity contribution >= 4 is 50.9 Å². The van der Waals surface area contributed by atoms with Crippen LogP contribution in [0.1, 0.15) is 10.4 Å². The molecule has 0 aliphatic heterocycles. The average molecular weight is 435 g/mol. The van der Waals surface area contributed by atoms with E-state index in [-0.39, 0.29) is 5.91 Å². The van der Waals surface area contributed by atoms with Crippen molar-refractivity contribution < 1.29 is 4.79 Å². The van der Waals surface area contributed by atoms with Crippen LogP contribution in [0.25, 0.3) is 0 Å². The third-order valence-electron chi connectivity index (χ3n) is 3.19. The van der Waals surface area contributed by atoms with Gasteiger partial charge in [-0.2, -0.15) is 0 Å². The Kier molecular flexibility index (Phi) is 5.96. The molecule has 2 aromatic carbocycles. The fourth-order valence-electron chi connectivity index (χ4n) is 2.02. The third-order valence-corrected chi connectivity index (χ3v) is 4.98. The molecule has 7 heteroatoms. The van der Waals surface area contributed by atoms with Crippen molar-refractivity contribution in [3.63, 3.8) is 0 Å². The molecule has 3 aromatic rings. The van der Waals surface area contributed by atoms with Crippen LogP contribution in [0.5, 0.6) is 0 Å². The molecule has 1 heterocycles. The maximum atomic E-state index is 12.5. The Bertz CT molecular complexity index is 889. The molecule has 25 heavy (non-hydrogen) atoms. The summed E-state index contributed by atoms with van der Waals surface area (Å²) in [5.41, 5.74) is 6.72. The van der Waals surface area contributed by atoms with Crippen molar-refractivity contribution in [3.8, 4) is 0 Å². The minimum absolute atomic E-state index is 0.271. The fourth-order valence-corrected chi connectivity index (χ4v) is 3.36. The second-order valence-electron chi connectivity index (χ2n) is 5.00. The molecule has 3 rings (SSSR count). The third kappa shape index (κ3) is 4.98. The smallest absolute Gasteiger partial charge is 0.272 e. The minimum Gasteiger partial charge on any atom is -0.298 e. The molecule has 1 aromatic heterocycles. The van der Waals surface area contributed by atoms with Gasteiger partial charge < -0.3 is 0 Å². The number of hydrazine groups is 1. The minimum atomic E-state index is -0.271. The molecule has 0 unspecified atom stereocenters. The number of carbonyl (C=O) groups is 1. The Labute approximate surface area is 163 Å². The zero-order chi connectivity index (χ0) is 17.6. The number of benzene rings is 2. The second kappa shape index (κ2) is 8.38. The monoisotopic (exact) mass is 433 g/mol. The number of anilines is 1. The molecule has 0 bridgehead atoms. The van der Waals surface area contributed by atoms with Crippen LogP contribution in [0.15, 0.2) is 81.3 Å². The van der Waals surface area contributed by atoms with Gasteiger partial charge in [0.2, 0.25) is 0 Å². The van der Waals surface area contributed by atoms with Crippen LogP contribution in [0, 0.1) is 0 Å². The molecule has 0 radical (unpaired) electrons. The maximum Gasteiger partial charge on any atom is 0.272 e. The number of rotatable bonds is 5. The first-order valence-electron chi connectivity index (χ1n) is 7.32. The first-order valence-corrected chi connectivity index (χ1v) is 9.31. The van der Waals surface area contributed by atoms with Crippen LogP contribution in [-0.2, 0) is 0 Å². The summed E-state index contributed by atoms with van der Waals surface area (Å²) < 4.78 is 1.00. The van der Waals surface area contributed by atoms with E-state index in [0.29, 0.717) is 21.3 Å². The summed E-state index contributed by atoms with van der Waals surface area (Å²) in [7, 11) is 0. The second-order valence-corrected chi connectivity index (χ2v) is 7.42. The molecule has 2 N–H and O–H groups in total. The molecule has 0 aliphatic carbocycles. The molecule has 0 saturated heterocycles. The Morgan fingerprint density at radius 1 is 1.08 bits per heavy atom. The molecule has 0 fully saturated rings. The first-order chi connectivity index (χ1) is 12.1. The number of nitrogens with zero attached hydrogens (tertiary/aromatic N) is 1. The van der Waals surface area contributed by atoms with Gasteiger partial charge >= 0.3 is 0 Å². The van der Waals surface area contributed by atoms with Gasteiger partial charge in [0.1, 0.15) is 5.03 Å². The van der Waals surface area contributed by atoms with E-state index in [1.165, 1.54) is 11.8 Å². The average Bonchev–Trinajstić information content (AvgIpc) is 2.62. The summed E-state index contributed by atoms with van der Waals surface area (Å²) in [6, 6.07) is 18.4. The summed E-state index contributed by atoms with van der Waals surface area (Å²) in [6.45, 7) is 0. The molecular weight excluding hydrogens is 422 g/mol. The van der Waals surface area contributed by atoms with E-state index in [1.54, 1.807) is 36.5 Å². The maximum absolute atomic E-state index is 12.5. The lowest BCUT2D eigenvalue weighted by Crippen LogP contribution is -2.29. The number of halogens is 2. The van der Waals surface area contributed by atoms with Gasteiger partial charge in [-0.1, -0.05) is 45.4 Å². The van der Waals surface area contributed by atoms with Crippen LogP contribution in [-0.4, -0.2) is 10.9 Å². The predicted octanol–water partition coefficient (Wildman–Crippen LogP) is 5.41. The van der Waals surface area contributed by atoms with Crippen molar-refractivity contribution in [1.82, 2.24) is 10.4 Å². The lowest BCUT2D eigenvalue weighted by Gasteiger charge is -2.11. The highest BCUT2D eigenvalue weighted by atomic mass is 79.9. The van der Waals surface area contributed by atoms with Crippen LogP contribution >= 0.6 is 39.3 Å². The standard InChI is InChI=1S/C18H13BrClN3OS/c19-12-6-8-15(9-7-12)25-18-16(5-2-10-21-18)17(24)23-22-14-4-1-3-13(20)11-14/h1-11,22H,(H,23,24).